The van der Waals surface area contributed by atoms with Crippen LogP contribution in [0, 0.1) is 0 Å². The van der Waals surface area contributed by atoms with Crippen molar-refractivity contribution < 1.29 is 9.18 Å². The van der Waals surface area contributed by atoms with Gasteiger partial charge in [0.15, 0.2) is 6.67 Å². The first-order valence-corrected chi connectivity index (χ1v) is 6.59. The lowest BCUT2D eigenvalue weighted by Crippen LogP contribution is -2.48. The summed E-state index contributed by atoms with van der Waals surface area (Å²) in [7, 11) is -1.60. The van der Waals surface area contributed by atoms with Crippen LogP contribution in [-0.4, -0.2) is 20.8 Å². The average molecular weight is 163 g/mol. The molecule has 1 N–H and O–H groups in total. The van der Waals surface area contributed by atoms with Crippen molar-refractivity contribution in [1.82, 2.24) is 4.98 Å². The molecule has 0 fully saturated rings. The van der Waals surface area contributed by atoms with E-state index in [0.29, 0.717) is 0 Å². The molecule has 0 aliphatic carbocycles. The molecule has 0 aromatic rings. The van der Waals surface area contributed by atoms with Crippen molar-refractivity contribution in [3.63, 3.8) is 0 Å². The van der Waals surface area contributed by atoms with E-state index in [9.17, 15) is 9.18 Å². The second kappa shape index (κ2) is 3.70. The van der Waals surface area contributed by atoms with Crippen LogP contribution in [0.3, 0.4) is 0 Å². The van der Waals surface area contributed by atoms with Crippen LogP contribution in [0.1, 0.15) is 6.92 Å². The second-order valence-corrected chi connectivity index (χ2v) is 7.64. The smallest absolute Gasteiger partial charge is 0.243 e. The Balaban J connectivity index is 3.76. The third-order valence-corrected chi connectivity index (χ3v) is 4.21. The topological polar surface area (TPSA) is 29.1 Å². The summed E-state index contributed by atoms with van der Waals surface area (Å²) in [5.41, 5.74) is 0. The summed E-state index contributed by atoms with van der Waals surface area (Å²) >= 11 is 0. The molecule has 0 aliphatic heterocycles. The van der Waals surface area contributed by atoms with Crippen LogP contribution in [0.25, 0.3) is 0 Å². The predicted octanol–water partition coefficient (Wildman–Crippen LogP) is 1.30. The fourth-order valence-electron chi connectivity index (χ4n) is 0.499. The van der Waals surface area contributed by atoms with E-state index in [1.165, 1.54) is 0 Å². The Hall–Kier alpha value is -0.383. The second-order valence-electron chi connectivity index (χ2n) is 2.92. The third-order valence-electron chi connectivity index (χ3n) is 1.48. The number of hydrogen-bond acceptors (Lipinski definition) is 1. The molecule has 0 saturated carbocycles. The lowest BCUT2D eigenvalue weighted by atomic mass is 10.7. The number of rotatable bonds is 3. The van der Waals surface area contributed by atoms with E-state index < -0.39 is 20.8 Å². The van der Waals surface area contributed by atoms with Crippen molar-refractivity contribution in [3.8, 4) is 0 Å². The average Bonchev–Trinajstić information content (AvgIpc) is 1.87. The molecule has 60 valence electrons. The van der Waals surface area contributed by atoms with E-state index in [-0.39, 0.29) is 0 Å². The molecule has 4 heteroatoms. The first-order chi connectivity index (χ1) is 4.52. The quantitative estimate of drug-likeness (QED) is 0.624. The van der Waals surface area contributed by atoms with Crippen LogP contribution in [-0.2, 0) is 4.79 Å². The minimum atomic E-state index is -1.60. The molecule has 0 rings (SSSR count). The SMILES string of the molecule is CC[Si](C)(C)NC(=O)CF. The number of alkyl halides is 1. The van der Waals surface area contributed by atoms with Gasteiger partial charge in [0.25, 0.3) is 0 Å². The Labute approximate surface area is 61.9 Å². The van der Waals surface area contributed by atoms with Gasteiger partial charge in [0, 0.05) is 0 Å². The maximum Gasteiger partial charge on any atom is 0.243 e. The van der Waals surface area contributed by atoms with Gasteiger partial charge in [-0.25, -0.2) is 4.39 Å². The van der Waals surface area contributed by atoms with Crippen LogP contribution >= 0.6 is 0 Å². The molecule has 0 radical (unpaired) electrons. The van der Waals surface area contributed by atoms with Gasteiger partial charge in [-0.15, -0.1) is 0 Å². The van der Waals surface area contributed by atoms with Crippen LogP contribution in [0.5, 0.6) is 0 Å². The van der Waals surface area contributed by atoms with E-state index in [2.05, 4.69) is 4.98 Å². The molecule has 0 aromatic carbocycles. The largest absolute Gasteiger partial charge is 0.380 e. The van der Waals surface area contributed by atoms with Crippen LogP contribution in [0.15, 0.2) is 0 Å². The van der Waals surface area contributed by atoms with Crippen molar-refractivity contribution in [1.29, 1.82) is 0 Å². The Kier molecular flexibility index (Phi) is 3.56. The third kappa shape index (κ3) is 3.61. The molecule has 0 bridgehead atoms. The Morgan fingerprint density at radius 2 is 2.10 bits per heavy atom. The highest BCUT2D eigenvalue weighted by Crippen LogP contribution is 2.02. The lowest BCUT2D eigenvalue weighted by Gasteiger charge is -2.20. The van der Waals surface area contributed by atoms with Gasteiger partial charge >= 0.3 is 0 Å². The van der Waals surface area contributed by atoms with Gasteiger partial charge in [-0.3, -0.25) is 4.79 Å². The standard InChI is InChI=1S/C6H14FNOSi/c1-4-10(2,3)8-6(9)5-7/h4-5H2,1-3H3,(H,8,9). The summed E-state index contributed by atoms with van der Waals surface area (Å²) in [6, 6.07) is 0.943. The summed E-state index contributed by atoms with van der Waals surface area (Å²) < 4.78 is 11.7. The van der Waals surface area contributed by atoms with E-state index in [1.807, 2.05) is 20.0 Å². The zero-order chi connectivity index (χ0) is 8.20. The van der Waals surface area contributed by atoms with Gasteiger partial charge in [0.1, 0.15) is 8.24 Å². The van der Waals surface area contributed by atoms with Crippen LogP contribution in [0.2, 0.25) is 19.1 Å². The van der Waals surface area contributed by atoms with E-state index >= 15 is 0 Å². The fourth-order valence-corrected chi connectivity index (χ4v) is 1.50. The van der Waals surface area contributed by atoms with Gasteiger partial charge in [0.05, 0.1) is 0 Å². The van der Waals surface area contributed by atoms with Gasteiger partial charge < -0.3 is 4.98 Å². The summed E-state index contributed by atoms with van der Waals surface area (Å²) in [5, 5.41) is 0. The van der Waals surface area contributed by atoms with Crippen molar-refractivity contribution in [2.24, 2.45) is 0 Å². The van der Waals surface area contributed by atoms with Crippen molar-refractivity contribution >= 4 is 14.1 Å². The summed E-state index contributed by atoms with van der Waals surface area (Å²) in [5.74, 6) is -0.474. The number of nitrogens with one attached hydrogen (secondary N) is 1. The lowest BCUT2D eigenvalue weighted by molar-refractivity contribution is -0.120. The summed E-state index contributed by atoms with van der Waals surface area (Å²) in [6.45, 7) is 5.11. The molecule has 0 aliphatic rings. The molecule has 2 nitrogen and oxygen atoms in total. The molecule has 0 aromatic heterocycles. The zero-order valence-corrected chi connectivity index (χ0v) is 7.70. The molecule has 0 saturated heterocycles. The Morgan fingerprint density at radius 3 is 2.40 bits per heavy atom. The minimum Gasteiger partial charge on any atom is -0.380 e. The predicted molar refractivity (Wildman–Crippen MR) is 42.1 cm³/mol. The molecule has 0 atom stereocenters. The molecular formula is C6H14FNOSi. The highest BCUT2D eigenvalue weighted by atomic mass is 28.3. The van der Waals surface area contributed by atoms with Crippen molar-refractivity contribution in [2.75, 3.05) is 6.67 Å². The summed E-state index contributed by atoms with van der Waals surface area (Å²) in [4.78, 5) is 13.2. The normalized spacial score (nSPS) is 11.2. The molecule has 0 heterocycles. The number of hydrogen-bond donors (Lipinski definition) is 1. The monoisotopic (exact) mass is 163 g/mol. The number of amides is 1. The Morgan fingerprint density at radius 1 is 1.60 bits per heavy atom. The molecular weight excluding hydrogens is 149 g/mol. The molecule has 1 amide bonds. The van der Waals surface area contributed by atoms with E-state index in [0.717, 1.165) is 6.04 Å². The van der Waals surface area contributed by atoms with E-state index in [1.54, 1.807) is 0 Å². The highest BCUT2D eigenvalue weighted by Gasteiger charge is 2.20. The maximum absolute atomic E-state index is 11.7. The fraction of sp³-hybridized carbons (Fsp3) is 0.833. The molecule has 0 unspecified atom stereocenters. The highest BCUT2D eigenvalue weighted by molar-refractivity contribution is 6.76. The maximum atomic E-state index is 11.7. The number of carbonyl (C=O) groups excluding carboxylic acids is 1. The van der Waals surface area contributed by atoms with Crippen LogP contribution < -0.4 is 4.98 Å². The Bertz CT molecular complexity index is 127. The van der Waals surface area contributed by atoms with Crippen molar-refractivity contribution in [3.05, 3.63) is 0 Å². The van der Waals surface area contributed by atoms with Gasteiger partial charge in [0.2, 0.25) is 5.91 Å². The van der Waals surface area contributed by atoms with Gasteiger partial charge in [-0.05, 0) is 6.04 Å². The number of carbonyl (C=O) groups is 1. The van der Waals surface area contributed by atoms with E-state index in [4.69, 9.17) is 0 Å². The molecule has 0 spiro atoms. The zero-order valence-electron chi connectivity index (χ0n) is 6.70. The van der Waals surface area contributed by atoms with Crippen molar-refractivity contribution in [2.45, 2.75) is 26.1 Å². The first-order valence-electron chi connectivity index (χ1n) is 3.39. The number of halogens is 1. The first kappa shape index (κ1) is 9.62. The minimum absolute atomic E-state index is 0.474. The van der Waals surface area contributed by atoms with Gasteiger partial charge in [-0.1, -0.05) is 20.0 Å². The van der Waals surface area contributed by atoms with Crippen LogP contribution in [0.4, 0.5) is 4.39 Å². The van der Waals surface area contributed by atoms with Gasteiger partial charge in [-0.2, -0.15) is 0 Å². The molecule has 10 heavy (non-hydrogen) atoms. The summed E-state index contributed by atoms with van der Waals surface area (Å²) in [6.07, 6.45) is 0.